The monoisotopic (exact) mass is 305 g/mol. The van der Waals surface area contributed by atoms with Crippen molar-refractivity contribution in [2.24, 2.45) is 5.73 Å². The number of benzene rings is 1. The molecule has 0 radical (unpaired) electrons. The molecule has 1 atom stereocenters. The maximum Gasteiger partial charge on any atom is 0.241 e. The van der Waals surface area contributed by atoms with E-state index in [0.717, 1.165) is 22.0 Å². The molecular weight excluding hydrogens is 286 g/mol. The maximum absolute atomic E-state index is 12.0. The van der Waals surface area contributed by atoms with Gasteiger partial charge in [-0.15, -0.1) is 11.3 Å². The van der Waals surface area contributed by atoms with E-state index in [4.69, 9.17) is 10.5 Å². The number of carbonyl (C=O) groups excluding carboxylic acids is 1. The number of carbonyl (C=O) groups is 1. The van der Waals surface area contributed by atoms with Crippen LogP contribution in [0, 0.1) is 6.92 Å². The minimum absolute atomic E-state index is 0.210. The number of thiazole rings is 1. The number of rotatable bonds is 6. The Bertz CT molecular complexity index is 612. The van der Waals surface area contributed by atoms with Crippen molar-refractivity contribution in [1.29, 1.82) is 0 Å². The molecule has 0 aliphatic carbocycles. The minimum atomic E-state index is -0.574. The highest BCUT2D eigenvalue weighted by atomic mass is 32.1. The van der Waals surface area contributed by atoms with Gasteiger partial charge in [0.2, 0.25) is 5.91 Å². The van der Waals surface area contributed by atoms with E-state index in [2.05, 4.69) is 10.3 Å². The normalized spacial score (nSPS) is 12.1. The van der Waals surface area contributed by atoms with Gasteiger partial charge in [-0.3, -0.25) is 4.79 Å². The highest BCUT2D eigenvalue weighted by molar-refractivity contribution is 7.09. The molecule has 1 aromatic heterocycles. The van der Waals surface area contributed by atoms with Crippen LogP contribution in [-0.2, 0) is 9.53 Å². The number of nitrogens with zero attached hydrogens (tertiary/aromatic N) is 1. The summed E-state index contributed by atoms with van der Waals surface area (Å²) in [6.07, 6.45) is 0.493. The molecule has 0 aliphatic heterocycles. The Labute approximate surface area is 128 Å². The third-order valence-corrected chi connectivity index (χ3v) is 3.79. The molecule has 0 bridgehead atoms. The lowest BCUT2D eigenvalue weighted by atomic mass is 10.1. The fourth-order valence-electron chi connectivity index (χ4n) is 1.86. The fraction of sp³-hybridized carbons (Fsp3) is 0.333. The van der Waals surface area contributed by atoms with Gasteiger partial charge in [0.05, 0.1) is 16.7 Å². The molecule has 21 heavy (non-hydrogen) atoms. The van der Waals surface area contributed by atoms with Crippen LogP contribution < -0.4 is 11.1 Å². The Balaban J connectivity index is 2.06. The van der Waals surface area contributed by atoms with Crippen molar-refractivity contribution in [3.63, 3.8) is 0 Å². The van der Waals surface area contributed by atoms with E-state index < -0.39 is 6.04 Å². The first-order valence-electron chi connectivity index (χ1n) is 6.68. The smallest absolute Gasteiger partial charge is 0.241 e. The van der Waals surface area contributed by atoms with Crippen LogP contribution in [0.4, 0.5) is 5.69 Å². The van der Waals surface area contributed by atoms with Crippen LogP contribution in [0.2, 0.25) is 0 Å². The van der Waals surface area contributed by atoms with Crippen molar-refractivity contribution in [2.45, 2.75) is 19.4 Å². The van der Waals surface area contributed by atoms with Crippen LogP contribution in [0.1, 0.15) is 11.4 Å². The van der Waals surface area contributed by atoms with Crippen LogP contribution in [-0.4, -0.2) is 30.6 Å². The molecule has 1 aromatic carbocycles. The highest BCUT2D eigenvalue weighted by Crippen LogP contribution is 2.24. The van der Waals surface area contributed by atoms with Gasteiger partial charge in [0.25, 0.3) is 0 Å². The molecule has 0 spiro atoms. The van der Waals surface area contributed by atoms with Crippen LogP contribution in [0.25, 0.3) is 11.3 Å². The second kappa shape index (κ2) is 7.31. The molecule has 3 N–H and O–H groups in total. The van der Waals surface area contributed by atoms with Gasteiger partial charge in [0, 0.05) is 30.3 Å². The maximum atomic E-state index is 12.0. The van der Waals surface area contributed by atoms with Gasteiger partial charge >= 0.3 is 0 Å². The van der Waals surface area contributed by atoms with Crippen molar-refractivity contribution in [2.75, 3.05) is 19.0 Å². The van der Waals surface area contributed by atoms with Crippen LogP contribution >= 0.6 is 11.3 Å². The van der Waals surface area contributed by atoms with Crippen molar-refractivity contribution in [3.8, 4) is 11.3 Å². The number of aromatic nitrogens is 1. The average molecular weight is 305 g/mol. The first-order chi connectivity index (χ1) is 10.1. The predicted octanol–water partition coefficient (Wildman–Crippen LogP) is 2.42. The standard InChI is InChI=1S/C15H19N3O2S/c1-10-17-14(9-21-10)11-4-3-5-12(8-11)18-15(19)13(16)6-7-20-2/h3-5,8-9,13H,6-7,16H2,1-2H3,(H,18,19). The molecule has 1 unspecified atom stereocenters. The van der Waals surface area contributed by atoms with Crippen molar-refractivity contribution in [1.82, 2.24) is 4.98 Å². The van der Waals surface area contributed by atoms with Gasteiger partial charge in [-0.25, -0.2) is 4.98 Å². The molecule has 0 aliphatic rings. The van der Waals surface area contributed by atoms with Crippen LogP contribution in [0.3, 0.4) is 0 Å². The largest absolute Gasteiger partial charge is 0.385 e. The van der Waals surface area contributed by atoms with Crippen LogP contribution in [0.15, 0.2) is 29.6 Å². The number of hydrogen-bond acceptors (Lipinski definition) is 5. The molecule has 0 fully saturated rings. The molecule has 1 heterocycles. The second-order valence-electron chi connectivity index (χ2n) is 4.71. The van der Waals surface area contributed by atoms with E-state index in [9.17, 15) is 4.79 Å². The number of ether oxygens (including phenoxy) is 1. The zero-order valence-corrected chi connectivity index (χ0v) is 12.9. The summed E-state index contributed by atoms with van der Waals surface area (Å²) in [6, 6.07) is 7.02. The Kier molecular flexibility index (Phi) is 5.44. The van der Waals surface area contributed by atoms with E-state index in [1.807, 2.05) is 36.6 Å². The van der Waals surface area contributed by atoms with E-state index in [0.29, 0.717) is 13.0 Å². The Morgan fingerprint density at radius 1 is 1.52 bits per heavy atom. The summed E-state index contributed by atoms with van der Waals surface area (Å²) in [5, 5.41) is 5.84. The van der Waals surface area contributed by atoms with Crippen molar-refractivity contribution in [3.05, 3.63) is 34.7 Å². The molecule has 2 aromatic rings. The summed E-state index contributed by atoms with van der Waals surface area (Å²) in [4.78, 5) is 16.4. The lowest BCUT2D eigenvalue weighted by molar-refractivity contribution is -0.117. The number of aryl methyl sites for hydroxylation is 1. The van der Waals surface area contributed by atoms with Gasteiger partial charge in [-0.2, -0.15) is 0 Å². The number of nitrogens with one attached hydrogen (secondary N) is 1. The van der Waals surface area contributed by atoms with Crippen LogP contribution in [0.5, 0.6) is 0 Å². The molecule has 6 heteroatoms. The summed E-state index contributed by atoms with van der Waals surface area (Å²) >= 11 is 1.60. The van der Waals surface area contributed by atoms with E-state index in [1.165, 1.54) is 0 Å². The topological polar surface area (TPSA) is 77.2 Å². The zero-order chi connectivity index (χ0) is 15.2. The SMILES string of the molecule is COCCC(N)C(=O)Nc1cccc(-c2csc(C)n2)c1. The fourth-order valence-corrected chi connectivity index (χ4v) is 2.49. The summed E-state index contributed by atoms with van der Waals surface area (Å²) in [7, 11) is 1.59. The number of methoxy groups -OCH3 is 1. The van der Waals surface area contributed by atoms with E-state index >= 15 is 0 Å². The number of amides is 1. The zero-order valence-electron chi connectivity index (χ0n) is 12.1. The third-order valence-electron chi connectivity index (χ3n) is 3.01. The number of anilines is 1. The molecule has 2 rings (SSSR count). The lowest BCUT2D eigenvalue weighted by Gasteiger charge is -2.12. The lowest BCUT2D eigenvalue weighted by Crippen LogP contribution is -2.36. The minimum Gasteiger partial charge on any atom is -0.385 e. The van der Waals surface area contributed by atoms with E-state index in [-0.39, 0.29) is 5.91 Å². The average Bonchev–Trinajstić information content (AvgIpc) is 2.91. The van der Waals surface area contributed by atoms with Gasteiger partial charge in [0.1, 0.15) is 0 Å². The molecule has 5 nitrogen and oxygen atoms in total. The molecule has 112 valence electrons. The first kappa shape index (κ1) is 15.6. The Morgan fingerprint density at radius 3 is 3.00 bits per heavy atom. The Hall–Kier alpha value is -1.76. The van der Waals surface area contributed by atoms with Crippen molar-refractivity contribution >= 4 is 22.9 Å². The van der Waals surface area contributed by atoms with Gasteiger partial charge in [0.15, 0.2) is 0 Å². The summed E-state index contributed by atoms with van der Waals surface area (Å²) < 4.78 is 4.93. The highest BCUT2D eigenvalue weighted by Gasteiger charge is 2.13. The molecule has 0 saturated carbocycles. The number of nitrogens with two attached hydrogens (primary N) is 1. The Morgan fingerprint density at radius 2 is 2.33 bits per heavy atom. The van der Waals surface area contributed by atoms with Gasteiger partial charge < -0.3 is 15.8 Å². The first-order valence-corrected chi connectivity index (χ1v) is 7.56. The second-order valence-corrected chi connectivity index (χ2v) is 5.77. The van der Waals surface area contributed by atoms with Gasteiger partial charge in [-0.05, 0) is 25.5 Å². The summed E-state index contributed by atoms with van der Waals surface area (Å²) in [5.41, 5.74) is 8.41. The summed E-state index contributed by atoms with van der Waals surface area (Å²) in [5.74, 6) is -0.210. The summed E-state index contributed by atoms with van der Waals surface area (Å²) in [6.45, 7) is 2.43. The quantitative estimate of drug-likeness (QED) is 0.859. The van der Waals surface area contributed by atoms with Gasteiger partial charge in [-0.1, -0.05) is 12.1 Å². The number of hydrogen-bond donors (Lipinski definition) is 2. The predicted molar refractivity (Wildman–Crippen MR) is 85.4 cm³/mol. The molecule has 1 amide bonds. The van der Waals surface area contributed by atoms with Crippen molar-refractivity contribution < 1.29 is 9.53 Å². The molecular formula is C15H19N3O2S. The molecule has 0 saturated heterocycles. The third kappa shape index (κ3) is 4.35. The van der Waals surface area contributed by atoms with E-state index in [1.54, 1.807) is 18.4 Å².